The Hall–Kier alpha value is -4.49. The van der Waals surface area contributed by atoms with Crippen LogP contribution in [0.2, 0.25) is 0 Å². The molecule has 268 valence electrons. The van der Waals surface area contributed by atoms with Crippen LogP contribution in [0.15, 0.2) is 103 Å². The van der Waals surface area contributed by atoms with Crippen molar-refractivity contribution in [1.82, 2.24) is 4.57 Å². The van der Waals surface area contributed by atoms with Crippen LogP contribution in [-0.2, 0) is 33.3 Å². The van der Waals surface area contributed by atoms with E-state index in [1.165, 1.54) is 0 Å². The van der Waals surface area contributed by atoms with Gasteiger partial charge in [-0.2, -0.15) is 0 Å². The zero-order chi connectivity index (χ0) is 36.2. The lowest BCUT2D eigenvalue weighted by Gasteiger charge is -2.24. The largest absolute Gasteiger partial charge is 0.748 e. The molecule has 51 heavy (non-hydrogen) atoms. The predicted molar refractivity (Wildman–Crippen MR) is 203 cm³/mol. The molecule has 0 amide bonds. The average molecular weight is 728 g/mol. The van der Waals surface area contributed by atoms with Gasteiger partial charge in [-0.3, -0.25) is 0 Å². The molecule has 1 aliphatic rings. The molecule has 0 saturated carbocycles. The second-order valence-corrected chi connectivity index (χ2v) is 15.8. The zero-order valence-electron chi connectivity index (χ0n) is 28.9. The number of aromatic nitrogens is 2. The van der Waals surface area contributed by atoms with E-state index in [0.29, 0.717) is 25.9 Å². The molecule has 0 bridgehead atoms. The summed E-state index contributed by atoms with van der Waals surface area (Å²) >= 11 is 0. The fourth-order valence-electron chi connectivity index (χ4n) is 7.02. The highest BCUT2D eigenvalue weighted by molar-refractivity contribution is 7.85. The van der Waals surface area contributed by atoms with Crippen molar-refractivity contribution in [2.45, 2.75) is 52.6 Å². The number of fused-ring (bicyclic) bond motifs is 4. The fourth-order valence-corrected chi connectivity index (χ4v) is 8.14. The minimum atomic E-state index is -4.27. The normalized spacial score (nSPS) is 14.8. The van der Waals surface area contributed by atoms with Crippen molar-refractivity contribution in [2.75, 3.05) is 34.4 Å². The summed E-state index contributed by atoms with van der Waals surface area (Å²) in [6.45, 7) is 6.77. The first kappa shape index (κ1) is 36.3. The van der Waals surface area contributed by atoms with E-state index < -0.39 is 20.2 Å². The third-order valence-electron chi connectivity index (χ3n) is 9.35. The van der Waals surface area contributed by atoms with Crippen molar-refractivity contribution < 1.29 is 30.5 Å². The topological polar surface area (TPSA) is 130 Å². The summed E-state index contributed by atoms with van der Waals surface area (Å²) in [7, 11) is -8.55. The van der Waals surface area contributed by atoms with Gasteiger partial charge in [0.15, 0.2) is 11.0 Å². The Morgan fingerprint density at radius 1 is 0.667 bits per heavy atom. The van der Waals surface area contributed by atoms with Crippen LogP contribution in [0.3, 0.4) is 0 Å². The average Bonchev–Trinajstić information content (AvgIpc) is 3.54. The lowest BCUT2D eigenvalue weighted by Crippen LogP contribution is -2.36. The summed E-state index contributed by atoms with van der Waals surface area (Å²) < 4.78 is 72.1. The van der Waals surface area contributed by atoms with E-state index in [9.17, 15) is 25.9 Å². The highest BCUT2D eigenvalue weighted by Gasteiger charge is 2.30. The number of hydrogen-bond acceptors (Lipinski definition) is 8. The van der Waals surface area contributed by atoms with Crippen LogP contribution >= 0.6 is 0 Å². The molecule has 12 heteroatoms. The first-order valence-corrected chi connectivity index (χ1v) is 20.6. The van der Waals surface area contributed by atoms with Crippen LogP contribution in [0.4, 0.5) is 11.4 Å². The van der Waals surface area contributed by atoms with Crippen LogP contribution in [0.25, 0.3) is 38.7 Å². The van der Waals surface area contributed by atoms with Crippen LogP contribution in [-0.4, -0.2) is 55.1 Å². The van der Waals surface area contributed by atoms with E-state index in [1.54, 1.807) is 0 Å². The van der Waals surface area contributed by atoms with Crippen LogP contribution in [0.1, 0.15) is 45.4 Å². The summed E-state index contributed by atoms with van der Waals surface area (Å²) in [6.07, 6.45) is 11.7. The highest BCUT2D eigenvalue weighted by Crippen LogP contribution is 2.44. The molecule has 5 aromatic rings. The standard InChI is InChI=1S/C39H44N4O6S2/c1-3-40-34-26-30-16-8-10-18-32(30)28-36(34)42(22-12-14-24-50(44,45)46)38(40)20-6-5-7-21-39-41(4-2)35-27-31-17-9-11-19-33(31)29-37(35)43(39)23-13-15-25-51(47,48)49/h5-11,16-21,26-29H,3-4,12-15,22-25H2,1-2H3,(H-,44,45,46,47,48,49)/p-1. The summed E-state index contributed by atoms with van der Waals surface area (Å²) in [5.41, 5.74) is 4.24. The van der Waals surface area contributed by atoms with Gasteiger partial charge in [-0.1, -0.05) is 66.8 Å². The molecule has 2 heterocycles. The molecule has 0 fully saturated rings. The van der Waals surface area contributed by atoms with Gasteiger partial charge in [0.2, 0.25) is 0 Å². The van der Waals surface area contributed by atoms with Gasteiger partial charge in [-0.25, -0.2) is 26.0 Å². The quantitative estimate of drug-likeness (QED) is 0.0507. The Balaban J connectivity index is 1.32. The Labute approximate surface area is 300 Å². The lowest BCUT2D eigenvalue weighted by molar-refractivity contribution is -0.674. The summed E-state index contributed by atoms with van der Waals surface area (Å²) in [6, 6.07) is 25.1. The number of unbranched alkanes of at least 4 members (excludes halogenated alkanes) is 2. The van der Waals surface area contributed by atoms with E-state index in [-0.39, 0.29) is 24.3 Å². The second-order valence-electron chi connectivity index (χ2n) is 12.7. The highest BCUT2D eigenvalue weighted by atomic mass is 32.2. The minimum absolute atomic E-state index is 0.289. The van der Waals surface area contributed by atoms with Gasteiger partial charge < -0.3 is 18.9 Å². The Morgan fingerprint density at radius 2 is 1.24 bits per heavy atom. The number of benzene rings is 4. The van der Waals surface area contributed by atoms with Gasteiger partial charge in [-0.15, -0.1) is 0 Å². The Kier molecular flexibility index (Phi) is 11.0. The molecule has 0 N–H and O–H groups in total. The smallest absolute Gasteiger partial charge is 0.282 e. The molecular weight excluding hydrogens is 685 g/mol. The number of rotatable bonds is 15. The number of hydrogen-bond donors (Lipinski definition) is 0. The van der Waals surface area contributed by atoms with E-state index >= 15 is 0 Å². The maximum Gasteiger partial charge on any atom is 0.282 e. The fraction of sp³-hybridized carbons (Fsp3) is 0.308. The Bertz CT molecular complexity index is 2380. The summed E-state index contributed by atoms with van der Waals surface area (Å²) in [4.78, 5) is 4.45. The summed E-state index contributed by atoms with van der Waals surface area (Å²) in [5.74, 6) is 1.18. The number of imidazole rings is 1. The predicted octanol–water partition coefficient (Wildman–Crippen LogP) is 6.66. The maximum absolute atomic E-state index is 11.3. The molecule has 1 aliphatic heterocycles. The molecule has 0 atom stereocenters. The zero-order valence-corrected chi connectivity index (χ0v) is 30.6. The van der Waals surface area contributed by atoms with Crippen molar-refractivity contribution in [3.63, 3.8) is 0 Å². The van der Waals surface area contributed by atoms with Crippen LogP contribution in [0, 0.1) is 0 Å². The number of aryl methyl sites for hydroxylation is 2. The van der Waals surface area contributed by atoms with Gasteiger partial charge in [0, 0.05) is 30.7 Å². The van der Waals surface area contributed by atoms with Crippen LogP contribution in [0.5, 0.6) is 0 Å². The monoisotopic (exact) mass is 727 g/mol. The van der Waals surface area contributed by atoms with Crippen molar-refractivity contribution in [3.05, 3.63) is 109 Å². The molecule has 0 radical (unpaired) electrons. The molecule has 0 saturated heterocycles. The second kappa shape index (κ2) is 15.4. The molecule has 0 aliphatic carbocycles. The molecular formula is C39H43N4O6S2-. The minimum Gasteiger partial charge on any atom is -0.748 e. The first-order chi connectivity index (χ1) is 24.5. The summed E-state index contributed by atoms with van der Waals surface area (Å²) in [5, 5.41) is 4.49. The van der Waals surface area contributed by atoms with Crippen LogP contribution < -0.4 is 14.4 Å². The van der Waals surface area contributed by atoms with Gasteiger partial charge in [0.25, 0.3) is 5.82 Å². The Morgan fingerprint density at radius 3 is 1.82 bits per heavy atom. The number of nitrogens with zero attached hydrogens (tertiary/aromatic N) is 4. The third-order valence-corrected chi connectivity index (χ3v) is 10.9. The SMILES string of the molecule is CCN1C(=CC=CC=Cc2n(CC)c3cc4ccccc4cc3[n+]2CCCCS(=O)(=O)[O-])N(CCCCS(=O)(=O)[O-])c2cc3ccccc3cc21. The van der Waals surface area contributed by atoms with E-state index in [1.807, 2.05) is 42.5 Å². The molecule has 4 aromatic carbocycles. The van der Waals surface area contributed by atoms with Crippen molar-refractivity contribution >= 4 is 70.3 Å². The molecule has 10 nitrogen and oxygen atoms in total. The van der Waals surface area contributed by atoms with Gasteiger partial charge in [-0.05, 0) is 91.4 Å². The van der Waals surface area contributed by atoms with Gasteiger partial charge in [0.05, 0.1) is 44.7 Å². The molecule has 0 spiro atoms. The van der Waals surface area contributed by atoms with Gasteiger partial charge >= 0.3 is 0 Å². The third kappa shape index (κ3) is 8.36. The molecule has 6 rings (SSSR count). The molecule has 0 unspecified atom stereocenters. The van der Waals surface area contributed by atoms with Crippen molar-refractivity contribution in [3.8, 4) is 0 Å². The number of anilines is 2. The van der Waals surface area contributed by atoms with E-state index in [4.69, 9.17) is 0 Å². The van der Waals surface area contributed by atoms with Crippen molar-refractivity contribution in [1.29, 1.82) is 0 Å². The first-order valence-electron chi connectivity index (χ1n) is 17.4. The molecule has 1 aromatic heterocycles. The number of allylic oxidation sites excluding steroid dienone is 4. The van der Waals surface area contributed by atoms with Gasteiger partial charge in [0.1, 0.15) is 5.82 Å². The van der Waals surface area contributed by atoms with E-state index in [2.05, 4.69) is 93.5 Å². The van der Waals surface area contributed by atoms with E-state index in [0.717, 1.165) is 68.7 Å². The lowest BCUT2D eigenvalue weighted by atomic mass is 10.1. The van der Waals surface area contributed by atoms with Crippen molar-refractivity contribution in [2.24, 2.45) is 0 Å². The maximum atomic E-state index is 11.3.